The number of carbonyl (C=O) groups excluding carboxylic acids is 1. The third kappa shape index (κ3) is 4.06. The van der Waals surface area contributed by atoms with E-state index in [1.807, 2.05) is 36.4 Å². The monoisotopic (exact) mass is 331 g/mol. The maximum Gasteiger partial charge on any atom is 0.203 e. The second-order valence-corrected chi connectivity index (χ2v) is 5.46. The largest absolute Gasteiger partial charge is 0.288 e. The number of hydrogen-bond donors (Lipinski definition) is 0. The Balaban J connectivity index is 1.80. The zero-order valence-corrected chi connectivity index (χ0v) is 13.3. The summed E-state index contributed by atoms with van der Waals surface area (Å²) >= 11 is 0. The highest BCUT2D eigenvalue weighted by Gasteiger charge is 2.12. The maximum absolute atomic E-state index is 13.0. The fourth-order valence-corrected chi connectivity index (χ4v) is 2.38. The van der Waals surface area contributed by atoms with Crippen molar-refractivity contribution in [2.24, 2.45) is 0 Å². The maximum atomic E-state index is 13.0. The van der Waals surface area contributed by atoms with Crippen molar-refractivity contribution in [2.75, 3.05) is 0 Å². The molecule has 0 saturated carbocycles. The predicted molar refractivity (Wildman–Crippen MR) is 92.1 cm³/mol. The molecule has 1 aromatic heterocycles. The average molecular weight is 331 g/mol. The highest BCUT2D eigenvalue weighted by Crippen LogP contribution is 2.13. The lowest BCUT2D eigenvalue weighted by molar-refractivity contribution is 0.104. The molecule has 0 aliphatic carbocycles. The Hall–Kier alpha value is -3.52. The summed E-state index contributed by atoms with van der Waals surface area (Å²) in [5.74, 6) is -0.875. The number of Topliss-reactive ketones (excluding diaryl/α,β-unsaturated/α-hetero) is 1. The molecule has 0 spiro atoms. The van der Waals surface area contributed by atoms with Crippen LogP contribution in [0.3, 0.4) is 0 Å². The van der Waals surface area contributed by atoms with E-state index in [0.717, 1.165) is 5.56 Å². The summed E-state index contributed by atoms with van der Waals surface area (Å²) in [6, 6.07) is 16.9. The van der Waals surface area contributed by atoms with Gasteiger partial charge in [0, 0.05) is 17.3 Å². The van der Waals surface area contributed by atoms with Crippen LogP contribution >= 0.6 is 0 Å². The molecular weight excluding hydrogens is 317 g/mol. The molecule has 3 rings (SSSR count). The SMILES string of the molecule is N#C/C(=C\c1cnn(Cc2ccccc2)c1)C(=O)c1ccc(F)cc1. The molecule has 25 heavy (non-hydrogen) atoms. The summed E-state index contributed by atoms with van der Waals surface area (Å²) in [7, 11) is 0. The molecule has 0 fully saturated rings. The fourth-order valence-electron chi connectivity index (χ4n) is 2.38. The second kappa shape index (κ2) is 7.37. The highest BCUT2D eigenvalue weighted by atomic mass is 19.1. The third-order valence-corrected chi connectivity index (χ3v) is 3.62. The molecule has 5 heteroatoms. The van der Waals surface area contributed by atoms with Gasteiger partial charge in [-0.1, -0.05) is 30.3 Å². The van der Waals surface area contributed by atoms with E-state index >= 15 is 0 Å². The zero-order chi connectivity index (χ0) is 17.6. The Kier molecular flexibility index (Phi) is 4.82. The molecule has 0 aliphatic heterocycles. The van der Waals surface area contributed by atoms with Crippen molar-refractivity contribution < 1.29 is 9.18 Å². The third-order valence-electron chi connectivity index (χ3n) is 3.62. The molecule has 2 aromatic carbocycles. The molecule has 0 bridgehead atoms. The van der Waals surface area contributed by atoms with E-state index in [1.54, 1.807) is 17.1 Å². The van der Waals surface area contributed by atoms with E-state index in [4.69, 9.17) is 0 Å². The van der Waals surface area contributed by atoms with Gasteiger partial charge in [-0.05, 0) is 35.9 Å². The van der Waals surface area contributed by atoms with E-state index in [-0.39, 0.29) is 11.1 Å². The highest BCUT2D eigenvalue weighted by molar-refractivity contribution is 6.13. The van der Waals surface area contributed by atoms with E-state index in [1.165, 1.54) is 30.3 Å². The van der Waals surface area contributed by atoms with Crippen LogP contribution in [0.5, 0.6) is 0 Å². The van der Waals surface area contributed by atoms with Crippen molar-refractivity contribution in [2.45, 2.75) is 6.54 Å². The summed E-state index contributed by atoms with van der Waals surface area (Å²) in [6.07, 6.45) is 4.85. The van der Waals surface area contributed by atoms with Gasteiger partial charge in [-0.2, -0.15) is 10.4 Å². The molecular formula is C20H14FN3O. The molecule has 0 amide bonds. The molecule has 0 radical (unpaired) electrons. The smallest absolute Gasteiger partial charge is 0.203 e. The number of nitrogens with zero attached hydrogens (tertiary/aromatic N) is 3. The molecule has 0 aliphatic rings. The number of ketones is 1. The quantitative estimate of drug-likeness (QED) is 0.405. The van der Waals surface area contributed by atoms with E-state index in [0.29, 0.717) is 12.1 Å². The summed E-state index contributed by atoms with van der Waals surface area (Å²) in [4.78, 5) is 12.3. The number of halogens is 1. The minimum atomic E-state index is -0.446. The van der Waals surface area contributed by atoms with Gasteiger partial charge in [-0.3, -0.25) is 9.48 Å². The minimum Gasteiger partial charge on any atom is -0.288 e. The Morgan fingerprint density at radius 1 is 1.16 bits per heavy atom. The summed E-state index contributed by atoms with van der Waals surface area (Å²) in [5.41, 5.74) is 2.00. The number of nitriles is 1. The van der Waals surface area contributed by atoms with Gasteiger partial charge in [0.05, 0.1) is 12.7 Å². The van der Waals surface area contributed by atoms with Crippen molar-refractivity contribution in [3.63, 3.8) is 0 Å². The van der Waals surface area contributed by atoms with Crippen LogP contribution in [0.1, 0.15) is 21.5 Å². The van der Waals surface area contributed by atoms with Crippen LogP contribution in [0.15, 0.2) is 72.6 Å². The number of carbonyl (C=O) groups is 1. The molecule has 0 atom stereocenters. The van der Waals surface area contributed by atoms with Crippen LogP contribution in [0, 0.1) is 17.1 Å². The Morgan fingerprint density at radius 3 is 2.56 bits per heavy atom. The van der Waals surface area contributed by atoms with Gasteiger partial charge in [-0.15, -0.1) is 0 Å². The van der Waals surface area contributed by atoms with Gasteiger partial charge >= 0.3 is 0 Å². The molecule has 1 heterocycles. The van der Waals surface area contributed by atoms with Gasteiger partial charge in [0.1, 0.15) is 17.5 Å². The Morgan fingerprint density at radius 2 is 1.88 bits per heavy atom. The zero-order valence-electron chi connectivity index (χ0n) is 13.3. The molecule has 0 saturated heterocycles. The lowest BCUT2D eigenvalue weighted by Crippen LogP contribution is -2.02. The average Bonchev–Trinajstić information content (AvgIpc) is 3.07. The molecule has 122 valence electrons. The van der Waals surface area contributed by atoms with Crippen molar-refractivity contribution in [3.05, 3.63) is 95.1 Å². The van der Waals surface area contributed by atoms with E-state index in [2.05, 4.69) is 5.10 Å². The molecule has 3 aromatic rings. The number of rotatable bonds is 5. The Labute approximate surface area is 144 Å². The first-order chi connectivity index (χ1) is 12.2. The van der Waals surface area contributed by atoms with Gasteiger partial charge in [0.2, 0.25) is 5.78 Å². The van der Waals surface area contributed by atoms with Crippen LogP contribution in [0.2, 0.25) is 0 Å². The first-order valence-electron chi connectivity index (χ1n) is 7.64. The fraction of sp³-hybridized carbons (Fsp3) is 0.0500. The molecule has 0 unspecified atom stereocenters. The summed E-state index contributed by atoms with van der Waals surface area (Å²) < 4.78 is 14.7. The van der Waals surface area contributed by atoms with Crippen molar-refractivity contribution in [3.8, 4) is 6.07 Å². The standard InChI is InChI=1S/C20H14FN3O/c21-19-8-6-17(7-9-19)20(25)18(11-22)10-16-12-23-24(14-16)13-15-4-2-1-3-5-15/h1-10,12,14H,13H2/b18-10+. The normalized spacial score (nSPS) is 11.1. The van der Waals surface area contributed by atoms with Crippen LogP contribution in [0.4, 0.5) is 4.39 Å². The molecule has 4 nitrogen and oxygen atoms in total. The van der Waals surface area contributed by atoms with E-state index < -0.39 is 11.6 Å². The predicted octanol–water partition coefficient (Wildman–Crippen LogP) is 3.86. The lowest BCUT2D eigenvalue weighted by Gasteiger charge is -2.00. The topological polar surface area (TPSA) is 58.7 Å². The van der Waals surface area contributed by atoms with Crippen molar-refractivity contribution >= 4 is 11.9 Å². The van der Waals surface area contributed by atoms with E-state index in [9.17, 15) is 14.4 Å². The Bertz CT molecular complexity index is 951. The van der Waals surface area contributed by atoms with Gasteiger partial charge in [0.25, 0.3) is 0 Å². The number of allylic oxidation sites excluding steroid dienone is 1. The van der Waals surface area contributed by atoms with Crippen LogP contribution < -0.4 is 0 Å². The number of hydrogen-bond acceptors (Lipinski definition) is 3. The minimum absolute atomic E-state index is 0.0223. The number of benzene rings is 2. The van der Waals surface area contributed by atoms with Crippen molar-refractivity contribution in [1.82, 2.24) is 9.78 Å². The van der Waals surface area contributed by atoms with Crippen molar-refractivity contribution in [1.29, 1.82) is 5.26 Å². The summed E-state index contributed by atoms with van der Waals surface area (Å²) in [5, 5.41) is 13.5. The molecule has 0 N–H and O–H groups in total. The second-order valence-electron chi connectivity index (χ2n) is 5.46. The van der Waals surface area contributed by atoms with Gasteiger partial charge in [-0.25, -0.2) is 4.39 Å². The lowest BCUT2D eigenvalue weighted by atomic mass is 10.0. The first-order valence-corrected chi connectivity index (χ1v) is 7.64. The van der Waals surface area contributed by atoms with Gasteiger partial charge in [0.15, 0.2) is 0 Å². The number of aromatic nitrogens is 2. The van der Waals surface area contributed by atoms with Gasteiger partial charge < -0.3 is 0 Å². The van der Waals surface area contributed by atoms with Crippen LogP contribution in [-0.2, 0) is 6.54 Å². The first kappa shape index (κ1) is 16.3. The van der Waals surface area contributed by atoms with Crippen LogP contribution in [0.25, 0.3) is 6.08 Å². The van der Waals surface area contributed by atoms with Crippen LogP contribution in [-0.4, -0.2) is 15.6 Å². The summed E-state index contributed by atoms with van der Waals surface area (Å²) in [6.45, 7) is 0.600.